The van der Waals surface area contributed by atoms with Gasteiger partial charge < -0.3 is 10.1 Å². The maximum Gasteiger partial charge on any atom is 0.230 e. The smallest absolute Gasteiger partial charge is 0.230 e. The van der Waals surface area contributed by atoms with Crippen LogP contribution in [0.25, 0.3) is 0 Å². The van der Waals surface area contributed by atoms with Crippen LogP contribution >= 0.6 is 0 Å². The summed E-state index contributed by atoms with van der Waals surface area (Å²) >= 11 is 0. The van der Waals surface area contributed by atoms with Crippen LogP contribution in [-0.4, -0.2) is 28.6 Å². The molecule has 0 spiro atoms. The van der Waals surface area contributed by atoms with Crippen molar-refractivity contribution in [1.82, 2.24) is 9.78 Å². The Morgan fingerprint density at radius 3 is 2.65 bits per heavy atom. The fraction of sp³-hybridized carbons (Fsp3) is 0.353. The Labute approximate surface area is 135 Å². The second-order valence-electron chi connectivity index (χ2n) is 5.56. The molecule has 1 amide bonds. The number of anilines is 1. The molecule has 1 heterocycles. The summed E-state index contributed by atoms with van der Waals surface area (Å²) in [7, 11) is 1.54. The Morgan fingerprint density at radius 2 is 2.04 bits per heavy atom. The van der Waals surface area contributed by atoms with E-state index in [2.05, 4.69) is 10.4 Å². The molecule has 122 valence electrons. The zero-order valence-electron chi connectivity index (χ0n) is 13.8. The van der Waals surface area contributed by atoms with E-state index in [1.165, 1.54) is 14.0 Å². The van der Waals surface area contributed by atoms with Crippen molar-refractivity contribution < 1.29 is 14.3 Å². The van der Waals surface area contributed by atoms with Crippen molar-refractivity contribution in [1.29, 1.82) is 0 Å². The lowest BCUT2D eigenvalue weighted by Crippen LogP contribution is -2.19. The monoisotopic (exact) mass is 315 g/mol. The van der Waals surface area contributed by atoms with Crippen molar-refractivity contribution >= 4 is 17.5 Å². The summed E-state index contributed by atoms with van der Waals surface area (Å²) in [5, 5.41) is 7.02. The molecule has 0 bridgehead atoms. The number of hydrogen-bond acceptors (Lipinski definition) is 4. The molecule has 2 aromatic rings. The van der Waals surface area contributed by atoms with Gasteiger partial charge in [0.1, 0.15) is 11.6 Å². The number of rotatable bonds is 6. The number of carbonyl (C=O) groups excluding carboxylic acids is 2. The molecule has 0 radical (unpaired) electrons. The Hall–Kier alpha value is -2.63. The van der Waals surface area contributed by atoms with Crippen LogP contribution in [0.3, 0.4) is 0 Å². The molecule has 6 nitrogen and oxygen atoms in total. The van der Waals surface area contributed by atoms with Crippen LogP contribution in [0.15, 0.2) is 30.5 Å². The molecule has 0 saturated heterocycles. The Morgan fingerprint density at radius 1 is 1.30 bits per heavy atom. The average Bonchev–Trinajstić information content (AvgIpc) is 2.95. The number of Topliss-reactive ketones (excluding diaryl/α,β-unsaturated/α-hetero) is 1. The third-order valence-corrected chi connectivity index (χ3v) is 3.46. The minimum Gasteiger partial charge on any atom is -0.496 e. The van der Waals surface area contributed by atoms with Crippen LogP contribution in [0.1, 0.15) is 42.7 Å². The maximum absolute atomic E-state index is 12.3. The van der Waals surface area contributed by atoms with Gasteiger partial charge in [-0.1, -0.05) is 0 Å². The van der Waals surface area contributed by atoms with Crippen LogP contribution in [-0.2, 0) is 11.2 Å². The number of benzene rings is 1. The third kappa shape index (κ3) is 3.97. The van der Waals surface area contributed by atoms with E-state index in [-0.39, 0.29) is 24.2 Å². The lowest BCUT2D eigenvalue weighted by atomic mass is 10.0. The fourth-order valence-electron chi connectivity index (χ4n) is 2.32. The van der Waals surface area contributed by atoms with Gasteiger partial charge in [0, 0.05) is 23.2 Å². The van der Waals surface area contributed by atoms with E-state index < -0.39 is 0 Å². The van der Waals surface area contributed by atoms with Gasteiger partial charge in [-0.2, -0.15) is 5.10 Å². The van der Waals surface area contributed by atoms with Crippen LogP contribution in [0.5, 0.6) is 5.75 Å². The van der Waals surface area contributed by atoms with Gasteiger partial charge in [-0.25, -0.2) is 4.68 Å². The zero-order chi connectivity index (χ0) is 17.0. The van der Waals surface area contributed by atoms with E-state index in [0.29, 0.717) is 22.7 Å². The summed E-state index contributed by atoms with van der Waals surface area (Å²) in [5.41, 5.74) is 1.23. The lowest BCUT2D eigenvalue weighted by Gasteiger charge is -2.13. The van der Waals surface area contributed by atoms with Gasteiger partial charge in [-0.05, 0) is 39.0 Å². The van der Waals surface area contributed by atoms with Crippen LogP contribution in [0.2, 0.25) is 0 Å². The molecule has 0 saturated carbocycles. The summed E-state index contributed by atoms with van der Waals surface area (Å²) in [6.07, 6.45) is 1.76. The van der Waals surface area contributed by atoms with Crippen molar-refractivity contribution in [3.05, 3.63) is 41.6 Å². The molecule has 2 rings (SSSR count). The van der Waals surface area contributed by atoms with Crippen molar-refractivity contribution in [3.8, 4) is 5.75 Å². The van der Waals surface area contributed by atoms with Gasteiger partial charge in [0.15, 0.2) is 5.78 Å². The van der Waals surface area contributed by atoms with Crippen LogP contribution in [0, 0.1) is 0 Å². The van der Waals surface area contributed by atoms with E-state index >= 15 is 0 Å². The first-order chi connectivity index (χ1) is 10.9. The van der Waals surface area contributed by atoms with E-state index in [9.17, 15) is 9.59 Å². The normalized spacial score (nSPS) is 10.7. The van der Waals surface area contributed by atoms with Crippen molar-refractivity contribution in [3.63, 3.8) is 0 Å². The van der Waals surface area contributed by atoms with Crippen molar-refractivity contribution in [2.45, 2.75) is 33.2 Å². The highest BCUT2D eigenvalue weighted by Gasteiger charge is 2.14. The number of aromatic nitrogens is 2. The Kier molecular flexibility index (Phi) is 5.16. The molecule has 0 aliphatic heterocycles. The second-order valence-corrected chi connectivity index (χ2v) is 5.56. The molecular weight excluding hydrogens is 294 g/mol. The van der Waals surface area contributed by atoms with Gasteiger partial charge in [0.2, 0.25) is 5.91 Å². The minimum atomic E-state index is -0.189. The summed E-state index contributed by atoms with van der Waals surface area (Å²) in [6, 6.07) is 6.99. The second kappa shape index (κ2) is 7.09. The van der Waals surface area contributed by atoms with Crippen molar-refractivity contribution in [2.24, 2.45) is 0 Å². The van der Waals surface area contributed by atoms with Gasteiger partial charge in [0.25, 0.3) is 0 Å². The molecule has 0 fully saturated rings. The van der Waals surface area contributed by atoms with E-state index in [4.69, 9.17) is 4.74 Å². The lowest BCUT2D eigenvalue weighted by molar-refractivity contribution is -0.115. The van der Waals surface area contributed by atoms with Crippen LogP contribution in [0.4, 0.5) is 5.82 Å². The molecule has 0 atom stereocenters. The predicted molar refractivity (Wildman–Crippen MR) is 87.9 cm³/mol. The van der Waals surface area contributed by atoms with Gasteiger partial charge in [-0.15, -0.1) is 0 Å². The summed E-state index contributed by atoms with van der Waals surface area (Å²) < 4.78 is 7.01. The number of carbonyl (C=O) groups is 2. The first-order valence-electron chi connectivity index (χ1n) is 7.43. The highest BCUT2D eigenvalue weighted by molar-refractivity contribution is 5.96. The molecule has 1 aromatic heterocycles. The fourth-order valence-corrected chi connectivity index (χ4v) is 2.32. The largest absolute Gasteiger partial charge is 0.496 e. The third-order valence-electron chi connectivity index (χ3n) is 3.46. The molecule has 1 N–H and O–H groups in total. The SMILES string of the molecule is COc1ccc(C(C)=O)cc1CC(=O)Nc1ccnn1C(C)C. The van der Waals surface area contributed by atoms with Crippen molar-refractivity contribution in [2.75, 3.05) is 12.4 Å². The number of ketones is 1. The van der Waals surface area contributed by atoms with Gasteiger partial charge >= 0.3 is 0 Å². The molecule has 0 aliphatic rings. The maximum atomic E-state index is 12.3. The summed E-state index contributed by atoms with van der Waals surface area (Å²) in [5.74, 6) is 0.993. The summed E-state index contributed by atoms with van der Waals surface area (Å²) in [6.45, 7) is 5.47. The van der Waals surface area contributed by atoms with E-state index in [1.54, 1.807) is 35.1 Å². The first kappa shape index (κ1) is 16.7. The molecule has 0 aliphatic carbocycles. The average molecular weight is 315 g/mol. The van der Waals surface area contributed by atoms with Gasteiger partial charge in [-0.3, -0.25) is 9.59 Å². The standard InChI is InChI=1S/C17H21N3O3/c1-11(2)20-16(7-8-18-20)19-17(22)10-14-9-13(12(3)21)5-6-15(14)23-4/h5-9,11H,10H2,1-4H3,(H,19,22). The Bertz CT molecular complexity index is 720. The number of nitrogens with one attached hydrogen (secondary N) is 1. The summed E-state index contributed by atoms with van der Waals surface area (Å²) in [4.78, 5) is 23.8. The van der Waals surface area contributed by atoms with Crippen LogP contribution < -0.4 is 10.1 Å². The molecule has 6 heteroatoms. The zero-order valence-corrected chi connectivity index (χ0v) is 13.8. The topological polar surface area (TPSA) is 73.2 Å². The van der Waals surface area contributed by atoms with Gasteiger partial charge in [0.05, 0.1) is 19.7 Å². The van der Waals surface area contributed by atoms with E-state index in [0.717, 1.165) is 0 Å². The molecule has 0 unspecified atom stereocenters. The minimum absolute atomic E-state index is 0.0489. The number of ether oxygens (including phenoxy) is 1. The predicted octanol–water partition coefficient (Wildman–Crippen LogP) is 2.86. The quantitative estimate of drug-likeness (QED) is 0.832. The molecular formula is C17H21N3O3. The number of amides is 1. The number of hydrogen-bond donors (Lipinski definition) is 1. The number of nitrogens with zero attached hydrogens (tertiary/aromatic N) is 2. The molecule has 1 aromatic carbocycles. The Balaban J connectivity index is 2.18. The number of methoxy groups -OCH3 is 1. The first-order valence-corrected chi connectivity index (χ1v) is 7.43. The molecule has 23 heavy (non-hydrogen) atoms. The van der Waals surface area contributed by atoms with E-state index in [1.807, 2.05) is 13.8 Å². The highest BCUT2D eigenvalue weighted by Crippen LogP contribution is 2.22. The highest BCUT2D eigenvalue weighted by atomic mass is 16.5.